The van der Waals surface area contributed by atoms with Crippen molar-refractivity contribution >= 4 is 17.5 Å². The van der Waals surface area contributed by atoms with Crippen LogP contribution in [0.2, 0.25) is 0 Å². The Morgan fingerprint density at radius 2 is 2.20 bits per heavy atom. The molecule has 1 aromatic rings. The lowest BCUT2D eigenvalue weighted by molar-refractivity contribution is -0.124. The molecule has 1 unspecified atom stereocenters. The number of para-hydroxylation sites is 1. The molecule has 0 bridgehead atoms. The number of fused-ring (bicyclic) bond motifs is 1. The van der Waals surface area contributed by atoms with Crippen LogP contribution < -0.4 is 16.0 Å². The largest absolute Gasteiger partial charge is 0.344 e. The van der Waals surface area contributed by atoms with Crippen LogP contribution in [0, 0.1) is 0 Å². The molecule has 0 spiro atoms. The van der Waals surface area contributed by atoms with Crippen LogP contribution >= 0.6 is 0 Å². The Bertz CT molecular complexity index is 544. The van der Waals surface area contributed by atoms with Crippen molar-refractivity contribution in [1.82, 2.24) is 5.32 Å². The van der Waals surface area contributed by atoms with Gasteiger partial charge in [-0.3, -0.25) is 9.59 Å². The van der Waals surface area contributed by atoms with Crippen molar-refractivity contribution in [3.8, 4) is 0 Å². The number of carbonyl (C=O) groups excluding carboxylic acids is 2. The van der Waals surface area contributed by atoms with Crippen molar-refractivity contribution in [2.75, 3.05) is 18.0 Å². The number of amides is 2. The molecule has 1 saturated heterocycles. The zero-order chi connectivity index (χ0) is 14.1. The first-order valence-electron chi connectivity index (χ1n) is 7.10. The average Bonchev–Trinajstić information content (AvgIpc) is 3.04. The maximum absolute atomic E-state index is 12.6. The Kier molecular flexibility index (Phi) is 3.44. The van der Waals surface area contributed by atoms with Gasteiger partial charge in [-0.15, -0.1) is 0 Å². The van der Waals surface area contributed by atoms with E-state index in [9.17, 15) is 9.59 Å². The highest BCUT2D eigenvalue weighted by Gasteiger charge is 2.37. The first-order chi connectivity index (χ1) is 9.70. The molecule has 5 heteroatoms. The molecular weight excluding hydrogens is 254 g/mol. The zero-order valence-corrected chi connectivity index (χ0v) is 11.3. The van der Waals surface area contributed by atoms with Crippen molar-refractivity contribution in [3.05, 3.63) is 29.8 Å². The highest BCUT2D eigenvalue weighted by atomic mass is 16.2. The molecule has 1 fully saturated rings. The van der Waals surface area contributed by atoms with Gasteiger partial charge in [0.25, 0.3) is 0 Å². The first kappa shape index (κ1) is 13.1. The van der Waals surface area contributed by atoms with Gasteiger partial charge in [-0.05, 0) is 31.0 Å². The van der Waals surface area contributed by atoms with Crippen molar-refractivity contribution < 1.29 is 9.59 Å². The Labute approximate surface area is 118 Å². The number of hydrogen-bond acceptors (Lipinski definition) is 3. The van der Waals surface area contributed by atoms with E-state index < -0.39 is 0 Å². The maximum Gasteiger partial charge on any atom is 0.249 e. The first-order valence-corrected chi connectivity index (χ1v) is 7.10. The molecule has 0 aliphatic carbocycles. The van der Waals surface area contributed by atoms with Crippen LogP contribution in [-0.4, -0.2) is 30.9 Å². The molecule has 1 aromatic carbocycles. The number of rotatable bonds is 3. The van der Waals surface area contributed by atoms with Gasteiger partial charge in [-0.25, -0.2) is 0 Å². The van der Waals surface area contributed by atoms with E-state index in [2.05, 4.69) is 11.4 Å². The molecule has 20 heavy (non-hydrogen) atoms. The minimum Gasteiger partial charge on any atom is -0.344 e. The second kappa shape index (κ2) is 5.25. The fraction of sp³-hybridized carbons (Fsp3) is 0.467. The molecule has 3 rings (SSSR count). The summed E-state index contributed by atoms with van der Waals surface area (Å²) < 4.78 is 0. The van der Waals surface area contributed by atoms with Gasteiger partial charge >= 0.3 is 0 Å². The maximum atomic E-state index is 12.6. The highest BCUT2D eigenvalue weighted by Crippen LogP contribution is 2.38. The molecule has 2 heterocycles. The van der Waals surface area contributed by atoms with Crippen LogP contribution in [0.5, 0.6) is 0 Å². The standard InChI is InChI=1S/C15H19N3O2/c16-8-7-10-9-18(13-4-2-1-3-11(10)13)15(20)12-5-6-14(19)17-12/h1-4,10,12H,5-9,16H2,(H,17,19)/t10?,12-/m1/s1. The van der Waals surface area contributed by atoms with E-state index in [-0.39, 0.29) is 17.9 Å². The molecule has 5 nitrogen and oxygen atoms in total. The fourth-order valence-corrected chi connectivity index (χ4v) is 3.14. The molecule has 0 aromatic heterocycles. The van der Waals surface area contributed by atoms with Gasteiger partial charge in [0, 0.05) is 24.6 Å². The van der Waals surface area contributed by atoms with Gasteiger partial charge in [0.2, 0.25) is 11.8 Å². The molecule has 2 aliphatic heterocycles. The van der Waals surface area contributed by atoms with Crippen LogP contribution in [0.15, 0.2) is 24.3 Å². The van der Waals surface area contributed by atoms with Crippen molar-refractivity contribution in [2.45, 2.75) is 31.2 Å². The number of carbonyl (C=O) groups is 2. The number of benzene rings is 1. The Morgan fingerprint density at radius 1 is 1.40 bits per heavy atom. The van der Waals surface area contributed by atoms with E-state index in [1.807, 2.05) is 23.1 Å². The van der Waals surface area contributed by atoms with E-state index in [4.69, 9.17) is 5.73 Å². The SMILES string of the molecule is NCCC1CN(C(=O)[C@H]2CCC(=O)N2)c2ccccc21. The number of nitrogens with zero attached hydrogens (tertiary/aromatic N) is 1. The van der Waals surface area contributed by atoms with Crippen LogP contribution in [0.4, 0.5) is 5.69 Å². The minimum atomic E-state index is -0.368. The molecular formula is C15H19N3O2. The Morgan fingerprint density at radius 3 is 2.90 bits per heavy atom. The van der Waals surface area contributed by atoms with Gasteiger partial charge in [0.15, 0.2) is 0 Å². The number of anilines is 1. The van der Waals surface area contributed by atoms with Crippen molar-refractivity contribution in [2.24, 2.45) is 5.73 Å². The number of nitrogens with two attached hydrogens (primary N) is 1. The van der Waals surface area contributed by atoms with Crippen LogP contribution in [-0.2, 0) is 9.59 Å². The highest BCUT2D eigenvalue weighted by molar-refractivity contribution is 6.02. The van der Waals surface area contributed by atoms with E-state index in [0.717, 1.165) is 12.1 Å². The second-order valence-electron chi connectivity index (χ2n) is 5.44. The van der Waals surface area contributed by atoms with E-state index >= 15 is 0 Å². The second-order valence-corrected chi connectivity index (χ2v) is 5.44. The molecule has 3 N–H and O–H groups in total. The monoisotopic (exact) mass is 273 g/mol. The summed E-state index contributed by atoms with van der Waals surface area (Å²) in [6.45, 7) is 1.28. The van der Waals surface area contributed by atoms with Gasteiger partial charge in [0.05, 0.1) is 0 Å². The van der Waals surface area contributed by atoms with Gasteiger partial charge in [0.1, 0.15) is 6.04 Å². The molecule has 0 saturated carbocycles. The normalized spacial score (nSPS) is 24.6. The lowest BCUT2D eigenvalue weighted by Gasteiger charge is -2.21. The molecule has 106 valence electrons. The number of nitrogens with one attached hydrogen (secondary N) is 1. The molecule has 0 radical (unpaired) electrons. The summed E-state index contributed by atoms with van der Waals surface area (Å²) in [5.74, 6) is 0.273. The Hall–Kier alpha value is -1.88. The van der Waals surface area contributed by atoms with E-state index in [1.54, 1.807) is 0 Å². The van der Waals surface area contributed by atoms with Gasteiger partial charge < -0.3 is 16.0 Å². The summed E-state index contributed by atoms with van der Waals surface area (Å²) in [7, 11) is 0. The fourth-order valence-electron chi connectivity index (χ4n) is 3.14. The lowest BCUT2D eigenvalue weighted by Crippen LogP contribution is -2.44. The van der Waals surface area contributed by atoms with Gasteiger partial charge in [-0.1, -0.05) is 18.2 Å². The average molecular weight is 273 g/mol. The van der Waals surface area contributed by atoms with Crippen LogP contribution in [0.3, 0.4) is 0 Å². The third-order valence-corrected chi connectivity index (χ3v) is 4.14. The molecule has 2 amide bonds. The summed E-state index contributed by atoms with van der Waals surface area (Å²) in [4.78, 5) is 25.7. The predicted octanol–water partition coefficient (Wildman–Crippen LogP) is 0.744. The third kappa shape index (κ3) is 2.18. The van der Waals surface area contributed by atoms with Crippen molar-refractivity contribution in [3.63, 3.8) is 0 Å². The van der Waals surface area contributed by atoms with Gasteiger partial charge in [-0.2, -0.15) is 0 Å². The molecule has 2 atom stereocenters. The Balaban J connectivity index is 1.84. The quantitative estimate of drug-likeness (QED) is 0.853. The topological polar surface area (TPSA) is 75.4 Å². The zero-order valence-electron chi connectivity index (χ0n) is 11.3. The summed E-state index contributed by atoms with van der Waals surface area (Å²) in [6.07, 6.45) is 1.91. The summed E-state index contributed by atoms with van der Waals surface area (Å²) in [6, 6.07) is 7.61. The van der Waals surface area contributed by atoms with Crippen LogP contribution in [0.25, 0.3) is 0 Å². The van der Waals surface area contributed by atoms with E-state index in [0.29, 0.717) is 31.8 Å². The summed E-state index contributed by atoms with van der Waals surface area (Å²) >= 11 is 0. The van der Waals surface area contributed by atoms with Crippen LogP contribution in [0.1, 0.15) is 30.7 Å². The minimum absolute atomic E-state index is 0.00261. The predicted molar refractivity (Wildman–Crippen MR) is 76.4 cm³/mol. The number of hydrogen-bond donors (Lipinski definition) is 2. The van der Waals surface area contributed by atoms with E-state index in [1.165, 1.54) is 5.56 Å². The molecule has 2 aliphatic rings. The summed E-state index contributed by atoms with van der Waals surface area (Å²) in [5.41, 5.74) is 7.83. The smallest absolute Gasteiger partial charge is 0.249 e. The van der Waals surface area contributed by atoms with Crippen molar-refractivity contribution in [1.29, 1.82) is 0 Å². The summed E-state index contributed by atoms with van der Waals surface area (Å²) in [5, 5.41) is 2.75. The lowest BCUT2D eigenvalue weighted by atomic mass is 9.98. The third-order valence-electron chi connectivity index (χ3n) is 4.14.